The summed E-state index contributed by atoms with van der Waals surface area (Å²) in [4.78, 5) is 14.9. The van der Waals surface area contributed by atoms with Crippen molar-refractivity contribution in [1.82, 2.24) is 4.98 Å². The fraction of sp³-hybridized carbons (Fsp3) is 0.118. The molecule has 3 rings (SSSR count). The summed E-state index contributed by atoms with van der Waals surface area (Å²) in [7, 11) is 3.11. The molecule has 0 fully saturated rings. The average molecular weight is 439 g/mol. The molecule has 23 heavy (non-hydrogen) atoms. The molecule has 0 aliphatic carbocycles. The molecule has 0 spiro atoms. The Labute approximate surface area is 150 Å². The van der Waals surface area contributed by atoms with Crippen LogP contribution in [0.3, 0.4) is 0 Å². The van der Waals surface area contributed by atoms with Gasteiger partial charge >= 0.3 is 0 Å². The maximum atomic E-state index is 11.6. The third kappa shape index (κ3) is 2.46. The maximum Gasteiger partial charge on any atom is 0.155 e. The summed E-state index contributed by atoms with van der Waals surface area (Å²) in [5.41, 5.74) is 3.06. The minimum absolute atomic E-state index is 0.442. The lowest BCUT2D eigenvalue weighted by Gasteiger charge is -2.13. The van der Waals surface area contributed by atoms with E-state index in [1.165, 1.54) is 7.11 Å². The Bertz CT molecular complexity index is 888. The number of aromatic nitrogens is 1. The van der Waals surface area contributed by atoms with Gasteiger partial charge in [0.25, 0.3) is 0 Å². The Morgan fingerprint density at radius 2 is 1.70 bits per heavy atom. The van der Waals surface area contributed by atoms with E-state index < -0.39 is 0 Å². The van der Waals surface area contributed by atoms with Crippen LogP contribution in [0.25, 0.3) is 22.0 Å². The fourth-order valence-electron chi connectivity index (χ4n) is 2.72. The number of halogens is 2. The van der Waals surface area contributed by atoms with Gasteiger partial charge < -0.3 is 14.5 Å². The Morgan fingerprint density at radius 3 is 2.26 bits per heavy atom. The molecule has 0 radical (unpaired) electrons. The molecule has 0 saturated heterocycles. The van der Waals surface area contributed by atoms with Crippen LogP contribution in [0.4, 0.5) is 0 Å². The zero-order valence-corrected chi connectivity index (χ0v) is 15.6. The maximum absolute atomic E-state index is 11.6. The van der Waals surface area contributed by atoms with Crippen molar-refractivity contribution in [2.45, 2.75) is 0 Å². The highest BCUT2D eigenvalue weighted by Gasteiger charge is 2.25. The molecule has 118 valence electrons. The van der Waals surface area contributed by atoms with Gasteiger partial charge in [-0.25, -0.2) is 0 Å². The standard InChI is InChI=1S/C17H13Br2NO3/c1-22-15-10(8-21)14-12(16(23-2)13(15)18)11(17(19)20-14)9-6-4-3-5-7-9/h3-8,20H,1-2H3. The summed E-state index contributed by atoms with van der Waals surface area (Å²) in [5, 5.41) is 0.820. The van der Waals surface area contributed by atoms with Crippen molar-refractivity contribution < 1.29 is 14.3 Å². The summed E-state index contributed by atoms with van der Waals surface area (Å²) in [5.74, 6) is 1.06. The van der Waals surface area contributed by atoms with Gasteiger partial charge in [0.1, 0.15) is 16.0 Å². The molecular formula is C17H13Br2NO3. The molecule has 2 aromatic carbocycles. The first-order chi connectivity index (χ1) is 11.1. The molecule has 6 heteroatoms. The number of ether oxygens (including phenoxy) is 2. The van der Waals surface area contributed by atoms with Crippen LogP contribution < -0.4 is 9.47 Å². The number of methoxy groups -OCH3 is 2. The van der Waals surface area contributed by atoms with Gasteiger partial charge in [-0.1, -0.05) is 30.3 Å². The van der Waals surface area contributed by atoms with E-state index in [9.17, 15) is 4.79 Å². The van der Waals surface area contributed by atoms with E-state index in [1.54, 1.807) is 7.11 Å². The minimum Gasteiger partial charge on any atom is -0.495 e. The van der Waals surface area contributed by atoms with E-state index in [0.717, 1.165) is 27.4 Å². The van der Waals surface area contributed by atoms with Gasteiger partial charge in [0.2, 0.25) is 0 Å². The van der Waals surface area contributed by atoms with E-state index in [1.807, 2.05) is 30.3 Å². The third-order valence-electron chi connectivity index (χ3n) is 3.68. The SMILES string of the molecule is COc1c(Br)c(OC)c2c(-c3ccccc3)c(Br)[nH]c2c1C=O. The largest absolute Gasteiger partial charge is 0.495 e. The molecule has 3 aromatic rings. The molecule has 0 atom stereocenters. The summed E-state index contributed by atoms with van der Waals surface area (Å²) in [6, 6.07) is 9.90. The summed E-state index contributed by atoms with van der Waals surface area (Å²) in [6.45, 7) is 0. The van der Waals surface area contributed by atoms with Crippen molar-refractivity contribution in [3.8, 4) is 22.6 Å². The first kappa shape index (κ1) is 16.1. The normalized spacial score (nSPS) is 10.8. The molecule has 0 saturated carbocycles. The number of carbonyl (C=O) groups is 1. The van der Waals surface area contributed by atoms with Crippen LogP contribution in [0.1, 0.15) is 10.4 Å². The molecule has 0 unspecified atom stereocenters. The van der Waals surface area contributed by atoms with Gasteiger partial charge in [0.15, 0.2) is 6.29 Å². The second-order valence-corrected chi connectivity index (χ2v) is 6.43. The molecule has 0 bridgehead atoms. The Morgan fingerprint density at radius 1 is 1.04 bits per heavy atom. The van der Waals surface area contributed by atoms with Crippen LogP contribution in [0.15, 0.2) is 39.4 Å². The molecule has 4 nitrogen and oxygen atoms in total. The molecule has 0 amide bonds. The van der Waals surface area contributed by atoms with Gasteiger partial charge in [-0.05, 0) is 37.4 Å². The van der Waals surface area contributed by atoms with Crippen molar-refractivity contribution in [1.29, 1.82) is 0 Å². The van der Waals surface area contributed by atoms with Crippen LogP contribution in [-0.4, -0.2) is 25.5 Å². The van der Waals surface area contributed by atoms with Gasteiger partial charge in [-0.3, -0.25) is 4.79 Å². The number of fused-ring (bicyclic) bond motifs is 1. The Balaban J connectivity index is 2.52. The van der Waals surface area contributed by atoms with Crippen molar-refractivity contribution in [3.05, 3.63) is 45.0 Å². The van der Waals surface area contributed by atoms with E-state index >= 15 is 0 Å². The number of hydrogen-bond acceptors (Lipinski definition) is 3. The van der Waals surface area contributed by atoms with Gasteiger partial charge in [-0.15, -0.1) is 0 Å². The zero-order chi connectivity index (χ0) is 16.6. The molecular weight excluding hydrogens is 426 g/mol. The number of H-pyrrole nitrogens is 1. The molecule has 0 aliphatic rings. The Kier molecular flexibility index (Phi) is 4.46. The smallest absolute Gasteiger partial charge is 0.155 e. The van der Waals surface area contributed by atoms with Crippen molar-refractivity contribution in [2.75, 3.05) is 14.2 Å². The van der Waals surface area contributed by atoms with E-state index in [-0.39, 0.29) is 0 Å². The van der Waals surface area contributed by atoms with Gasteiger partial charge in [0, 0.05) is 5.56 Å². The highest BCUT2D eigenvalue weighted by Crippen LogP contribution is 2.49. The zero-order valence-electron chi connectivity index (χ0n) is 12.4. The molecule has 1 N–H and O–H groups in total. The lowest BCUT2D eigenvalue weighted by atomic mass is 10.0. The number of aldehydes is 1. The van der Waals surface area contributed by atoms with Crippen LogP contribution in [-0.2, 0) is 0 Å². The van der Waals surface area contributed by atoms with Gasteiger partial charge in [0.05, 0.1) is 35.3 Å². The molecule has 0 aliphatic heterocycles. The van der Waals surface area contributed by atoms with Crippen molar-refractivity contribution in [2.24, 2.45) is 0 Å². The summed E-state index contributed by atoms with van der Waals surface area (Å²) in [6.07, 6.45) is 0.781. The van der Waals surface area contributed by atoms with Crippen LogP contribution in [0.5, 0.6) is 11.5 Å². The van der Waals surface area contributed by atoms with E-state index in [4.69, 9.17) is 9.47 Å². The van der Waals surface area contributed by atoms with Crippen LogP contribution >= 0.6 is 31.9 Å². The number of aromatic amines is 1. The molecule has 1 aromatic heterocycles. The third-order valence-corrected chi connectivity index (χ3v) is 5.00. The predicted octanol–water partition coefficient (Wildman–Crippen LogP) is 5.19. The van der Waals surface area contributed by atoms with Crippen molar-refractivity contribution in [3.63, 3.8) is 0 Å². The molecule has 1 heterocycles. The lowest BCUT2D eigenvalue weighted by Crippen LogP contribution is -1.97. The summed E-state index contributed by atoms with van der Waals surface area (Å²) < 4.78 is 12.4. The van der Waals surface area contributed by atoms with Gasteiger partial charge in [-0.2, -0.15) is 0 Å². The second kappa shape index (κ2) is 6.37. The number of nitrogens with one attached hydrogen (secondary N) is 1. The fourth-order valence-corrected chi connectivity index (χ4v) is 4.08. The highest BCUT2D eigenvalue weighted by molar-refractivity contribution is 9.11. The first-order valence-corrected chi connectivity index (χ1v) is 8.37. The average Bonchev–Trinajstić information content (AvgIpc) is 2.91. The first-order valence-electron chi connectivity index (χ1n) is 6.79. The van der Waals surface area contributed by atoms with Crippen LogP contribution in [0, 0.1) is 0 Å². The minimum atomic E-state index is 0.442. The monoisotopic (exact) mass is 437 g/mol. The number of benzene rings is 2. The number of carbonyl (C=O) groups excluding carboxylic acids is 1. The van der Waals surface area contributed by atoms with Crippen LogP contribution in [0.2, 0.25) is 0 Å². The number of hydrogen-bond donors (Lipinski definition) is 1. The lowest BCUT2D eigenvalue weighted by molar-refractivity contribution is 0.112. The predicted molar refractivity (Wildman–Crippen MR) is 97.6 cm³/mol. The highest BCUT2D eigenvalue weighted by atomic mass is 79.9. The van der Waals surface area contributed by atoms with Crippen molar-refractivity contribution >= 4 is 49.0 Å². The number of rotatable bonds is 4. The second-order valence-electron chi connectivity index (χ2n) is 4.84. The van der Waals surface area contributed by atoms with E-state index in [0.29, 0.717) is 27.1 Å². The Hall–Kier alpha value is -1.79. The quantitative estimate of drug-likeness (QED) is 0.570. The van der Waals surface area contributed by atoms with E-state index in [2.05, 4.69) is 36.8 Å². The summed E-state index contributed by atoms with van der Waals surface area (Å²) >= 11 is 7.05. The topological polar surface area (TPSA) is 51.3 Å².